The van der Waals surface area contributed by atoms with Crippen LogP contribution >= 0.6 is 0 Å². The predicted octanol–water partition coefficient (Wildman–Crippen LogP) is 3.03. The summed E-state index contributed by atoms with van der Waals surface area (Å²) >= 11 is 0. The Kier molecular flexibility index (Phi) is 3.79. The van der Waals surface area contributed by atoms with E-state index in [4.69, 9.17) is 0 Å². The number of aryl methyl sites for hydroxylation is 1. The van der Waals surface area contributed by atoms with E-state index in [1.165, 1.54) is 62.6 Å². The van der Waals surface area contributed by atoms with Crippen molar-refractivity contribution >= 4 is 6.03 Å². The van der Waals surface area contributed by atoms with E-state index < -0.39 is 0 Å². The highest BCUT2D eigenvalue weighted by Gasteiger charge is 2.51. The van der Waals surface area contributed by atoms with Crippen LogP contribution in [0.4, 0.5) is 4.79 Å². The van der Waals surface area contributed by atoms with E-state index in [0.29, 0.717) is 6.54 Å². The summed E-state index contributed by atoms with van der Waals surface area (Å²) in [7, 11) is 0. The number of urea groups is 1. The number of nitrogens with zero attached hydrogens (tertiary/aromatic N) is 2. The Labute approximate surface area is 149 Å². The number of carbonyl (C=O) groups is 1. The molecule has 4 bridgehead atoms. The van der Waals surface area contributed by atoms with Crippen molar-refractivity contribution in [2.24, 2.45) is 17.8 Å². The zero-order valence-electron chi connectivity index (χ0n) is 15.1. The molecule has 0 aliphatic heterocycles. The Balaban J connectivity index is 1.15. The van der Waals surface area contributed by atoms with Gasteiger partial charge < -0.3 is 10.6 Å². The molecule has 2 amide bonds. The Hall–Kier alpha value is -1.52. The minimum Gasteiger partial charge on any atom is -0.336 e. The lowest BCUT2D eigenvalue weighted by Gasteiger charge is -2.56. The Morgan fingerprint density at radius 1 is 1.12 bits per heavy atom. The van der Waals surface area contributed by atoms with Crippen molar-refractivity contribution in [2.45, 2.75) is 76.3 Å². The minimum atomic E-state index is 0.0305. The van der Waals surface area contributed by atoms with Crippen molar-refractivity contribution in [3.63, 3.8) is 0 Å². The largest absolute Gasteiger partial charge is 0.336 e. The first-order valence-corrected chi connectivity index (χ1v) is 10.3. The lowest BCUT2D eigenvalue weighted by atomic mass is 9.53. The fourth-order valence-corrected chi connectivity index (χ4v) is 6.57. The first kappa shape index (κ1) is 15.7. The number of amides is 2. The lowest BCUT2D eigenvalue weighted by Crippen LogP contribution is -2.61. The summed E-state index contributed by atoms with van der Waals surface area (Å²) < 4.78 is 2.10. The van der Waals surface area contributed by atoms with Crippen molar-refractivity contribution in [2.75, 3.05) is 6.54 Å². The molecule has 5 aliphatic carbocycles. The van der Waals surface area contributed by atoms with Crippen LogP contribution in [-0.2, 0) is 19.4 Å². The summed E-state index contributed by atoms with van der Waals surface area (Å²) in [5.41, 5.74) is 2.89. The van der Waals surface area contributed by atoms with Crippen LogP contribution in [0.25, 0.3) is 0 Å². The van der Waals surface area contributed by atoms with Crippen LogP contribution in [0, 0.1) is 17.8 Å². The monoisotopic (exact) mass is 342 g/mol. The number of rotatable bonds is 4. The molecule has 0 aromatic carbocycles. The fourth-order valence-electron chi connectivity index (χ4n) is 6.57. The molecule has 4 fully saturated rings. The van der Waals surface area contributed by atoms with Crippen LogP contribution in [0.2, 0.25) is 0 Å². The number of fused-ring (bicyclic) bond motifs is 1. The van der Waals surface area contributed by atoms with Gasteiger partial charge in [-0.1, -0.05) is 0 Å². The second-order valence-corrected chi connectivity index (χ2v) is 9.13. The van der Waals surface area contributed by atoms with Gasteiger partial charge in [-0.05, 0) is 87.5 Å². The van der Waals surface area contributed by atoms with E-state index in [1.54, 1.807) is 0 Å². The van der Waals surface area contributed by atoms with Gasteiger partial charge in [-0.2, -0.15) is 5.10 Å². The topological polar surface area (TPSA) is 59.0 Å². The summed E-state index contributed by atoms with van der Waals surface area (Å²) in [5, 5.41) is 11.0. The molecule has 5 heteroatoms. The van der Waals surface area contributed by atoms with Gasteiger partial charge in [0.05, 0.1) is 12.7 Å². The number of carbonyl (C=O) groups excluding carboxylic acids is 1. The summed E-state index contributed by atoms with van der Waals surface area (Å²) in [5.74, 6) is 2.59. The number of nitrogens with one attached hydrogen (secondary N) is 2. The van der Waals surface area contributed by atoms with Gasteiger partial charge in [-0.25, -0.2) is 4.79 Å². The first-order chi connectivity index (χ1) is 12.2. The molecule has 136 valence electrons. The Morgan fingerprint density at radius 3 is 2.52 bits per heavy atom. The van der Waals surface area contributed by atoms with Crippen molar-refractivity contribution < 1.29 is 4.79 Å². The standard InChI is InChI=1S/C20H30N4O/c25-19(21-5-6-24-18-4-2-1-3-17(18)13-22-24)23-20-10-14-7-15(11-20)9-16(8-14)12-20/h13-16H,1-12H2,(H2,21,23,25). The molecule has 0 atom stereocenters. The molecule has 1 heterocycles. The van der Waals surface area contributed by atoms with E-state index in [0.717, 1.165) is 37.1 Å². The van der Waals surface area contributed by atoms with Gasteiger partial charge in [0, 0.05) is 17.8 Å². The molecule has 1 aromatic heterocycles. The molecule has 2 N–H and O–H groups in total. The Bertz CT molecular complexity index is 629. The van der Waals surface area contributed by atoms with Gasteiger partial charge >= 0.3 is 6.03 Å². The van der Waals surface area contributed by atoms with Crippen molar-refractivity contribution in [1.29, 1.82) is 0 Å². The zero-order valence-corrected chi connectivity index (χ0v) is 15.1. The third kappa shape index (κ3) is 2.96. The maximum Gasteiger partial charge on any atom is 0.315 e. The van der Waals surface area contributed by atoms with Gasteiger partial charge in [0.25, 0.3) is 0 Å². The highest BCUT2D eigenvalue weighted by Crippen LogP contribution is 2.55. The van der Waals surface area contributed by atoms with Gasteiger partial charge in [-0.3, -0.25) is 4.68 Å². The summed E-state index contributed by atoms with van der Waals surface area (Å²) in [4.78, 5) is 12.5. The molecule has 0 radical (unpaired) electrons. The predicted molar refractivity (Wildman–Crippen MR) is 96.3 cm³/mol. The molecule has 6 rings (SSSR count). The van der Waals surface area contributed by atoms with Crippen LogP contribution in [-0.4, -0.2) is 27.9 Å². The molecule has 5 nitrogen and oxygen atoms in total. The van der Waals surface area contributed by atoms with E-state index in [2.05, 4.69) is 20.4 Å². The molecule has 4 saturated carbocycles. The smallest absolute Gasteiger partial charge is 0.315 e. The van der Waals surface area contributed by atoms with E-state index in [1.807, 2.05) is 6.20 Å². The zero-order chi connectivity index (χ0) is 16.9. The van der Waals surface area contributed by atoms with Crippen LogP contribution in [0.3, 0.4) is 0 Å². The molecular formula is C20H30N4O. The Morgan fingerprint density at radius 2 is 1.80 bits per heavy atom. The number of aromatic nitrogens is 2. The van der Waals surface area contributed by atoms with E-state index >= 15 is 0 Å². The minimum absolute atomic E-state index is 0.0305. The lowest BCUT2D eigenvalue weighted by molar-refractivity contribution is -0.0135. The highest BCUT2D eigenvalue weighted by molar-refractivity contribution is 5.74. The SMILES string of the molecule is O=C(NCCn1ncc2c1CCCC2)NC12CC3CC(CC(C3)C1)C2. The van der Waals surface area contributed by atoms with Crippen molar-refractivity contribution in [3.8, 4) is 0 Å². The molecule has 1 aromatic rings. The summed E-state index contributed by atoms with van der Waals surface area (Å²) in [6, 6.07) is 0.0305. The third-order valence-electron chi connectivity index (χ3n) is 7.17. The molecule has 0 unspecified atom stereocenters. The summed E-state index contributed by atoms with van der Waals surface area (Å²) in [6.07, 6.45) is 14.7. The average Bonchev–Trinajstić information content (AvgIpc) is 2.96. The normalized spacial score (nSPS) is 35.4. The maximum absolute atomic E-state index is 12.5. The second kappa shape index (κ2) is 6.03. The average molecular weight is 342 g/mol. The third-order valence-corrected chi connectivity index (χ3v) is 7.17. The number of hydrogen-bond acceptors (Lipinski definition) is 2. The maximum atomic E-state index is 12.5. The van der Waals surface area contributed by atoms with Crippen LogP contribution < -0.4 is 10.6 Å². The number of hydrogen-bond donors (Lipinski definition) is 2. The molecule has 0 spiro atoms. The highest BCUT2D eigenvalue weighted by atomic mass is 16.2. The van der Waals surface area contributed by atoms with Crippen molar-refractivity contribution in [1.82, 2.24) is 20.4 Å². The van der Waals surface area contributed by atoms with E-state index in [-0.39, 0.29) is 11.6 Å². The molecular weight excluding hydrogens is 312 g/mol. The van der Waals surface area contributed by atoms with Gasteiger partial charge in [0.1, 0.15) is 0 Å². The van der Waals surface area contributed by atoms with Gasteiger partial charge in [0.15, 0.2) is 0 Å². The van der Waals surface area contributed by atoms with Gasteiger partial charge in [0.2, 0.25) is 0 Å². The van der Waals surface area contributed by atoms with Crippen LogP contribution in [0.15, 0.2) is 6.20 Å². The van der Waals surface area contributed by atoms with Crippen LogP contribution in [0.5, 0.6) is 0 Å². The van der Waals surface area contributed by atoms with Crippen LogP contribution in [0.1, 0.15) is 62.6 Å². The van der Waals surface area contributed by atoms with E-state index in [9.17, 15) is 4.79 Å². The summed E-state index contributed by atoms with van der Waals surface area (Å²) in [6.45, 7) is 1.44. The first-order valence-electron chi connectivity index (χ1n) is 10.3. The fraction of sp³-hybridized carbons (Fsp3) is 0.800. The molecule has 25 heavy (non-hydrogen) atoms. The van der Waals surface area contributed by atoms with Gasteiger partial charge in [-0.15, -0.1) is 0 Å². The van der Waals surface area contributed by atoms with Crippen molar-refractivity contribution in [3.05, 3.63) is 17.5 Å². The molecule has 0 saturated heterocycles. The second-order valence-electron chi connectivity index (χ2n) is 9.13. The molecule has 5 aliphatic rings. The quantitative estimate of drug-likeness (QED) is 0.883.